The van der Waals surface area contributed by atoms with Gasteiger partial charge in [0.25, 0.3) is 5.91 Å². The van der Waals surface area contributed by atoms with Crippen LogP contribution in [0.3, 0.4) is 0 Å². The molecule has 2 amide bonds. The van der Waals surface area contributed by atoms with Gasteiger partial charge in [-0.25, -0.2) is 0 Å². The third kappa shape index (κ3) is 6.94. The normalized spacial score (nSPS) is 11.8. The van der Waals surface area contributed by atoms with Crippen molar-refractivity contribution in [1.82, 2.24) is 10.2 Å². The van der Waals surface area contributed by atoms with Gasteiger partial charge in [0.15, 0.2) is 6.61 Å². The summed E-state index contributed by atoms with van der Waals surface area (Å²) in [4.78, 5) is 27.3. The van der Waals surface area contributed by atoms with E-state index in [4.69, 9.17) is 27.9 Å². The maximum absolute atomic E-state index is 13.0. The van der Waals surface area contributed by atoms with Gasteiger partial charge in [0.05, 0.1) is 0 Å². The van der Waals surface area contributed by atoms with Crippen LogP contribution >= 0.6 is 23.2 Å². The number of benzene rings is 2. The van der Waals surface area contributed by atoms with E-state index in [2.05, 4.69) is 5.32 Å². The second-order valence-electron chi connectivity index (χ2n) is 6.95. The third-order valence-corrected chi connectivity index (χ3v) is 4.87. The number of ether oxygens (including phenoxy) is 1. The summed E-state index contributed by atoms with van der Waals surface area (Å²) < 4.78 is 5.61. The molecule has 2 aromatic carbocycles. The molecule has 1 N–H and O–H groups in total. The zero-order chi connectivity index (χ0) is 21.4. The maximum Gasteiger partial charge on any atom is 0.261 e. The summed E-state index contributed by atoms with van der Waals surface area (Å²) in [6.45, 7) is 5.63. The fourth-order valence-corrected chi connectivity index (χ4v) is 3.35. The van der Waals surface area contributed by atoms with Gasteiger partial charge < -0.3 is 15.0 Å². The molecule has 5 nitrogen and oxygen atoms in total. The quantitative estimate of drug-likeness (QED) is 0.619. The molecular weight excluding hydrogens is 411 g/mol. The van der Waals surface area contributed by atoms with E-state index in [1.807, 2.05) is 39.0 Å². The molecule has 2 rings (SSSR count). The van der Waals surface area contributed by atoms with Gasteiger partial charge in [-0.1, -0.05) is 54.4 Å². The molecule has 1 unspecified atom stereocenters. The lowest BCUT2D eigenvalue weighted by molar-refractivity contribution is -0.143. The highest BCUT2D eigenvalue weighted by molar-refractivity contribution is 6.35. The van der Waals surface area contributed by atoms with Gasteiger partial charge in [0.2, 0.25) is 5.91 Å². The van der Waals surface area contributed by atoms with Gasteiger partial charge in [-0.15, -0.1) is 0 Å². The van der Waals surface area contributed by atoms with Crippen molar-refractivity contribution in [1.29, 1.82) is 0 Å². The van der Waals surface area contributed by atoms with E-state index in [-0.39, 0.29) is 31.0 Å². The zero-order valence-electron chi connectivity index (χ0n) is 16.8. The highest BCUT2D eigenvalue weighted by atomic mass is 35.5. The first-order chi connectivity index (χ1) is 13.8. The van der Waals surface area contributed by atoms with Crippen molar-refractivity contribution in [3.63, 3.8) is 0 Å². The minimum Gasteiger partial charge on any atom is -0.484 e. The minimum atomic E-state index is -0.643. The Morgan fingerprint density at radius 2 is 1.79 bits per heavy atom. The van der Waals surface area contributed by atoms with Crippen LogP contribution in [0.1, 0.15) is 32.8 Å². The van der Waals surface area contributed by atoms with Gasteiger partial charge in [-0.05, 0) is 50.1 Å². The lowest BCUT2D eigenvalue weighted by atomic mass is 10.1. The molecule has 0 fully saturated rings. The number of carbonyl (C=O) groups is 2. The van der Waals surface area contributed by atoms with Crippen LogP contribution in [0, 0.1) is 0 Å². The SMILES string of the molecule is CCC(C(=O)NC(C)C)N(Cc1ccc(Cl)cc1Cl)C(=O)COc1ccccc1. The first-order valence-electron chi connectivity index (χ1n) is 9.53. The monoisotopic (exact) mass is 436 g/mol. The predicted octanol–water partition coefficient (Wildman–Crippen LogP) is 4.70. The number of hydrogen-bond donors (Lipinski definition) is 1. The van der Waals surface area contributed by atoms with E-state index in [9.17, 15) is 9.59 Å². The fourth-order valence-electron chi connectivity index (χ4n) is 2.88. The molecule has 0 radical (unpaired) electrons. The summed E-state index contributed by atoms with van der Waals surface area (Å²) in [7, 11) is 0. The van der Waals surface area contributed by atoms with Crippen LogP contribution in [0.5, 0.6) is 5.75 Å². The number of hydrogen-bond acceptors (Lipinski definition) is 3. The van der Waals surface area contributed by atoms with Crippen LogP contribution < -0.4 is 10.1 Å². The van der Waals surface area contributed by atoms with Gasteiger partial charge in [-0.2, -0.15) is 0 Å². The number of halogens is 2. The predicted molar refractivity (Wildman–Crippen MR) is 116 cm³/mol. The van der Waals surface area contributed by atoms with Crippen LogP contribution in [0.15, 0.2) is 48.5 Å². The third-order valence-electron chi connectivity index (χ3n) is 4.28. The molecule has 0 bridgehead atoms. The Morgan fingerprint density at radius 3 is 2.38 bits per heavy atom. The molecule has 0 aromatic heterocycles. The molecule has 0 aliphatic heterocycles. The molecule has 0 saturated carbocycles. The second kappa shape index (κ2) is 11.1. The number of amides is 2. The zero-order valence-corrected chi connectivity index (χ0v) is 18.3. The van der Waals surface area contributed by atoms with Gasteiger partial charge in [-0.3, -0.25) is 9.59 Å². The first-order valence-corrected chi connectivity index (χ1v) is 10.3. The number of para-hydroxylation sites is 1. The second-order valence-corrected chi connectivity index (χ2v) is 7.79. The molecule has 29 heavy (non-hydrogen) atoms. The van der Waals surface area contributed by atoms with Crippen LogP contribution in [0.25, 0.3) is 0 Å². The van der Waals surface area contributed by atoms with E-state index < -0.39 is 6.04 Å². The minimum absolute atomic E-state index is 0.0341. The number of carbonyl (C=O) groups excluding carboxylic acids is 2. The highest BCUT2D eigenvalue weighted by Crippen LogP contribution is 2.24. The van der Waals surface area contributed by atoms with Gasteiger partial charge in [0, 0.05) is 22.6 Å². The lowest BCUT2D eigenvalue weighted by Gasteiger charge is -2.31. The Morgan fingerprint density at radius 1 is 1.10 bits per heavy atom. The van der Waals surface area contributed by atoms with E-state index in [1.54, 1.807) is 30.3 Å². The highest BCUT2D eigenvalue weighted by Gasteiger charge is 2.29. The van der Waals surface area contributed by atoms with Crippen molar-refractivity contribution in [2.75, 3.05) is 6.61 Å². The van der Waals surface area contributed by atoms with E-state index in [0.29, 0.717) is 27.8 Å². The van der Waals surface area contributed by atoms with Gasteiger partial charge >= 0.3 is 0 Å². The smallest absolute Gasteiger partial charge is 0.261 e. The summed E-state index contributed by atoms with van der Waals surface area (Å²) in [6.07, 6.45) is 0.459. The number of nitrogens with zero attached hydrogens (tertiary/aromatic N) is 1. The average molecular weight is 437 g/mol. The lowest BCUT2D eigenvalue weighted by Crippen LogP contribution is -2.51. The van der Waals surface area contributed by atoms with Crippen molar-refractivity contribution >= 4 is 35.0 Å². The van der Waals surface area contributed by atoms with Crippen molar-refractivity contribution in [3.05, 3.63) is 64.1 Å². The van der Waals surface area contributed by atoms with E-state index in [1.165, 1.54) is 4.90 Å². The summed E-state index contributed by atoms with van der Waals surface area (Å²) in [5, 5.41) is 3.84. The standard InChI is InChI=1S/C22H26Cl2N2O3/c1-4-20(22(28)25-15(2)3)26(13-16-10-11-17(23)12-19(16)24)21(27)14-29-18-8-6-5-7-9-18/h5-12,15,20H,4,13-14H2,1-3H3,(H,25,28). The molecular formula is C22H26Cl2N2O3. The van der Waals surface area contributed by atoms with Crippen LogP contribution in [0.4, 0.5) is 0 Å². The van der Waals surface area contributed by atoms with Crippen LogP contribution in [-0.4, -0.2) is 35.4 Å². The van der Waals surface area contributed by atoms with Crippen LogP contribution in [-0.2, 0) is 16.1 Å². The topological polar surface area (TPSA) is 58.6 Å². The molecule has 7 heteroatoms. The molecule has 0 spiro atoms. The molecule has 2 aromatic rings. The van der Waals surface area contributed by atoms with E-state index in [0.717, 1.165) is 0 Å². The van der Waals surface area contributed by atoms with Crippen molar-refractivity contribution in [3.8, 4) is 5.75 Å². The van der Waals surface area contributed by atoms with E-state index >= 15 is 0 Å². The molecule has 0 aliphatic rings. The average Bonchev–Trinajstić information content (AvgIpc) is 2.68. The van der Waals surface area contributed by atoms with Crippen molar-refractivity contribution in [2.24, 2.45) is 0 Å². The summed E-state index contributed by atoms with van der Waals surface area (Å²) in [5.41, 5.74) is 0.708. The Balaban J connectivity index is 2.24. The van der Waals surface area contributed by atoms with Crippen LogP contribution in [0.2, 0.25) is 10.0 Å². The Kier molecular flexibility index (Phi) is 8.80. The molecule has 156 valence electrons. The Bertz CT molecular complexity index is 828. The molecule has 1 atom stereocenters. The van der Waals surface area contributed by atoms with Crippen molar-refractivity contribution < 1.29 is 14.3 Å². The maximum atomic E-state index is 13.0. The number of nitrogens with one attached hydrogen (secondary N) is 1. The number of rotatable bonds is 9. The first kappa shape index (κ1) is 23.0. The molecule has 0 saturated heterocycles. The van der Waals surface area contributed by atoms with Gasteiger partial charge in [0.1, 0.15) is 11.8 Å². The largest absolute Gasteiger partial charge is 0.484 e. The molecule has 0 aliphatic carbocycles. The summed E-state index contributed by atoms with van der Waals surface area (Å²) in [6, 6.07) is 13.5. The Hall–Kier alpha value is -2.24. The fraction of sp³-hybridized carbons (Fsp3) is 0.364. The molecule has 0 heterocycles. The summed E-state index contributed by atoms with van der Waals surface area (Å²) >= 11 is 12.3. The van der Waals surface area contributed by atoms with Crippen molar-refractivity contribution in [2.45, 2.75) is 45.8 Å². The summed E-state index contributed by atoms with van der Waals surface area (Å²) in [5.74, 6) is 0.0799. The Labute approximate surface area is 181 Å².